The topological polar surface area (TPSA) is 12.0 Å². The second kappa shape index (κ2) is 3.48. The van der Waals surface area contributed by atoms with E-state index in [9.17, 15) is 0 Å². The van der Waals surface area contributed by atoms with E-state index in [-0.39, 0.29) is 0 Å². The Morgan fingerprint density at radius 2 is 1.47 bits per heavy atom. The van der Waals surface area contributed by atoms with Gasteiger partial charge in [-0.05, 0) is 28.7 Å². The summed E-state index contributed by atoms with van der Waals surface area (Å²) in [5.74, 6) is 0.796. The molecule has 90 valence electrons. The molecular formula is C14H29N. The van der Waals surface area contributed by atoms with Gasteiger partial charge in [0.2, 0.25) is 0 Å². The van der Waals surface area contributed by atoms with Gasteiger partial charge >= 0.3 is 0 Å². The molecule has 15 heavy (non-hydrogen) atoms. The lowest BCUT2D eigenvalue weighted by Gasteiger charge is -2.33. The molecule has 1 N–H and O–H groups in total. The molecule has 1 aliphatic rings. The van der Waals surface area contributed by atoms with Crippen LogP contribution < -0.4 is 5.32 Å². The molecule has 1 unspecified atom stereocenters. The molecule has 0 amide bonds. The van der Waals surface area contributed by atoms with Gasteiger partial charge in [-0.15, -0.1) is 0 Å². The predicted molar refractivity (Wildman–Crippen MR) is 68.0 cm³/mol. The molecule has 0 aromatic heterocycles. The van der Waals surface area contributed by atoms with Crippen LogP contribution in [-0.2, 0) is 0 Å². The van der Waals surface area contributed by atoms with E-state index in [1.165, 1.54) is 0 Å². The summed E-state index contributed by atoms with van der Waals surface area (Å²) in [5, 5.41) is 3.70. The highest BCUT2D eigenvalue weighted by Gasteiger charge is 2.68. The Kier molecular flexibility index (Phi) is 3.02. The summed E-state index contributed by atoms with van der Waals surface area (Å²) in [5.41, 5.74) is 1.31. The molecule has 1 heteroatoms. The van der Waals surface area contributed by atoms with Gasteiger partial charge < -0.3 is 5.32 Å². The number of hydrogen-bond acceptors (Lipinski definition) is 1. The van der Waals surface area contributed by atoms with Crippen molar-refractivity contribution in [2.24, 2.45) is 22.2 Å². The van der Waals surface area contributed by atoms with Crippen LogP contribution in [0.2, 0.25) is 0 Å². The van der Waals surface area contributed by atoms with Gasteiger partial charge in [0, 0.05) is 6.04 Å². The zero-order valence-electron chi connectivity index (χ0n) is 11.9. The molecular weight excluding hydrogens is 182 g/mol. The van der Waals surface area contributed by atoms with Gasteiger partial charge in [-0.3, -0.25) is 0 Å². The summed E-state index contributed by atoms with van der Waals surface area (Å²) >= 11 is 0. The van der Waals surface area contributed by atoms with E-state index in [4.69, 9.17) is 0 Å². The molecule has 1 aliphatic carbocycles. The molecule has 0 radical (unpaired) electrons. The fourth-order valence-corrected chi connectivity index (χ4v) is 3.22. The normalized spacial score (nSPS) is 26.4. The zero-order valence-corrected chi connectivity index (χ0v) is 11.9. The van der Waals surface area contributed by atoms with Crippen molar-refractivity contribution in [2.75, 3.05) is 6.54 Å². The smallest absolute Gasteiger partial charge is 0.0154 e. The third kappa shape index (κ3) is 1.95. The second-order valence-corrected chi connectivity index (χ2v) is 7.32. The first kappa shape index (κ1) is 13.0. The van der Waals surface area contributed by atoms with E-state index in [1.54, 1.807) is 0 Å². The molecule has 1 atom stereocenters. The van der Waals surface area contributed by atoms with Crippen LogP contribution in [0.1, 0.15) is 55.4 Å². The zero-order chi connectivity index (χ0) is 12.1. The molecule has 0 spiro atoms. The van der Waals surface area contributed by atoms with E-state index < -0.39 is 0 Å². The molecule has 1 nitrogen and oxygen atoms in total. The predicted octanol–water partition coefficient (Wildman–Crippen LogP) is 3.69. The van der Waals surface area contributed by atoms with E-state index in [1.807, 2.05) is 0 Å². The molecule has 0 bridgehead atoms. The standard InChI is InChI=1S/C14H29N/c1-9-15-11(12(2,3)4)10-13(5,6)14(10,7)8/h10-11,15H,9H2,1-8H3. The number of hydrogen-bond donors (Lipinski definition) is 1. The fraction of sp³-hybridized carbons (Fsp3) is 1.00. The first-order valence-electron chi connectivity index (χ1n) is 6.30. The molecule has 0 aromatic carbocycles. The summed E-state index contributed by atoms with van der Waals surface area (Å²) in [6.45, 7) is 20.0. The lowest BCUT2D eigenvalue weighted by molar-refractivity contribution is 0.218. The Morgan fingerprint density at radius 1 is 1.07 bits per heavy atom. The van der Waals surface area contributed by atoms with Gasteiger partial charge in [0.05, 0.1) is 0 Å². The van der Waals surface area contributed by atoms with Gasteiger partial charge in [-0.25, -0.2) is 0 Å². The molecule has 1 fully saturated rings. The molecule has 1 rings (SSSR count). The summed E-state index contributed by atoms with van der Waals surface area (Å²) in [6.07, 6.45) is 0. The maximum Gasteiger partial charge on any atom is 0.0154 e. The maximum atomic E-state index is 3.70. The minimum Gasteiger partial charge on any atom is -0.313 e. The minimum atomic E-state index is 0.353. The van der Waals surface area contributed by atoms with Crippen LogP contribution >= 0.6 is 0 Å². The summed E-state index contributed by atoms with van der Waals surface area (Å²) in [7, 11) is 0. The average Bonchev–Trinajstić information content (AvgIpc) is 2.38. The number of nitrogens with one attached hydrogen (secondary N) is 1. The monoisotopic (exact) mass is 211 g/mol. The van der Waals surface area contributed by atoms with Crippen LogP contribution in [-0.4, -0.2) is 12.6 Å². The van der Waals surface area contributed by atoms with Crippen molar-refractivity contribution in [2.45, 2.75) is 61.4 Å². The molecule has 0 saturated heterocycles. The van der Waals surface area contributed by atoms with Crippen molar-refractivity contribution >= 4 is 0 Å². The van der Waals surface area contributed by atoms with Gasteiger partial charge in [0.25, 0.3) is 0 Å². The minimum absolute atomic E-state index is 0.353. The Balaban J connectivity index is 2.86. The van der Waals surface area contributed by atoms with Crippen LogP contribution in [0.15, 0.2) is 0 Å². The van der Waals surface area contributed by atoms with Gasteiger partial charge in [-0.2, -0.15) is 0 Å². The van der Waals surface area contributed by atoms with Crippen LogP contribution in [0, 0.1) is 22.2 Å². The summed E-state index contributed by atoms with van der Waals surface area (Å²) in [6, 6.07) is 0.632. The molecule has 0 aliphatic heterocycles. The fourth-order valence-electron chi connectivity index (χ4n) is 3.22. The van der Waals surface area contributed by atoms with Crippen molar-refractivity contribution in [1.82, 2.24) is 5.32 Å². The Morgan fingerprint density at radius 3 is 1.67 bits per heavy atom. The molecule has 0 heterocycles. The number of rotatable bonds is 3. The maximum absolute atomic E-state index is 3.70. The lowest BCUT2D eigenvalue weighted by Crippen LogP contribution is -2.43. The Hall–Kier alpha value is -0.0400. The van der Waals surface area contributed by atoms with Crippen LogP contribution in [0.3, 0.4) is 0 Å². The highest BCUT2D eigenvalue weighted by Crippen LogP contribution is 2.71. The van der Waals surface area contributed by atoms with Gasteiger partial charge in [0.1, 0.15) is 0 Å². The van der Waals surface area contributed by atoms with Crippen molar-refractivity contribution in [3.05, 3.63) is 0 Å². The summed E-state index contributed by atoms with van der Waals surface area (Å²) < 4.78 is 0. The third-order valence-electron chi connectivity index (χ3n) is 4.82. The van der Waals surface area contributed by atoms with Crippen molar-refractivity contribution in [1.29, 1.82) is 0 Å². The van der Waals surface area contributed by atoms with Crippen LogP contribution in [0.5, 0.6) is 0 Å². The molecule has 0 aromatic rings. The van der Waals surface area contributed by atoms with E-state index >= 15 is 0 Å². The molecule has 1 saturated carbocycles. The highest BCUT2D eigenvalue weighted by atomic mass is 15.0. The highest BCUT2D eigenvalue weighted by molar-refractivity contribution is 5.17. The quantitative estimate of drug-likeness (QED) is 0.750. The Labute approximate surface area is 96.0 Å². The van der Waals surface area contributed by atoms with Crippen LogP contribution in [0.4, 0.5) is 0 Å². The van der Waals surface area contributed by atoms with Crippen molar-refractivity contribution < 1.29 is 0 Å². The largest absolute Gasteiger partial charge is 0.313 e. The Bertz CT molecular complexity index is 218. The van der Waals surface area contributed by atoms with E-state index in [2.05, 4.69) is 60.7 Å². The van der Waals surface area contributed by atoms with E-state index in [0.717, 1.165) is 12.5 Å². The lowest BCUT2D eigenvalue weighted by atomic mass is 9.81. The van der Waals surface area contributed by atoms with Crippen molar-refractivity contribution in [3.63, 3.8) is 0 Å². The third-order valence-corrected chi connectivity index (χ3v) is 4.82. The first-order valence-corrected chi connectivity index (χ1v) is 6.30. The summed E-state index contributed by atoms with van der Waals surface area (Å²) in [4.78, 5) is 0. The van der Waals surface area contributed by atoms with Crippen molar-refractivity contribution in [3.8, 4) is 0 Å². The first-order chi connectivity index (χ1) is 6.56. The van der Waals surface area contributed by atoms with Gasteiger partial charge in [0.15, 0.2) is 0 Å². The van der Waals surface area contributed by atoms with E-state index in [0.29, 0.717) is 22.3 Å². The second-order valence-electron chi connectivity index (χ2n) is 7.32. The van der Waals surface area contributed by atoms with Gasteiger partial charge in [-0.1, -0.05) is 55.4 Å². The van der Waals surface area contributed by atoms with Crippen LogP contribution in [0.25, 0.3) is 0 Å². The average molecular weight is 211 g/mol. The SMILES string of the molecule is CCNC(C1C(C)(C)C1(C)C)C(C)(C)C.